The van der Waals surface area contributed by atoms with Crippen LogP contribution in [0.5, 0.6) is 0 Å². The van der Waals surface area contributed by atoms with Crippen LogP contribution in [0.25, 0.3) is 0 Å². The first-order chi connectivity index (χ1) is 39.5. The van der Waals surface area contributed by atoms with Crippen molar-refractivity contribution in [2.75, 3.05) is 13.2 Å². The molecule has 2 heterocycles. The first-order valence-corrected chi connectivity index (χ1v) is 38.8. The van der Waals surface area contributed by atoms with Gasteiger partial charge >= 0.3 is 24.3 Å². The molecule has 84 heavy (non-hydrogen) atoms. The number of hydrogen-bond acceptors (Lipinski definition) is 6. The maximum absolute atomic E-state index is 13.5. The molecule has 2 aliphatic heterocycles. The van der Waals surface area contributed by atoms with Gasteiger partial charge in [0.1, 0.15) is 0 Å². The van der Waals surface area contributed by atoms with E-state index in [1.165, 1.54) is 257 Å². The monoisotopic (exact) mass is 1450 g/mol. The Kier molecular flexibility index (Phi) is 34.9. The van der Waals surface area contributed by atoms with Crippen LogP contribution in [0.15, 0.2) is 0 Å². The van der Waals surface area contributed by atoms with Gasteiger partial charge in [-0.2, -0.15) is 26.3 Å². The van der Waals surface area contributed by atoms with Crippen LogP contribution in [-0.4, -0.2) is 126 Å². The van der Waals surface area contributed by atoms with Gasteiger partial charge in [0.2, 0.25) is 11.8 Å². The molecule has 0 aromatic carbocycles. The molecule has 490 valence electrons. The number of carboxylic acids is 2. The summed E-state index contributed by atoms with van der Waals surface area (Å²) in [6.45, 7) is 1.73. The summed E-state index contributed by atoms with van der Waals surface area (Å²) in [7, 11) is -1.30. The maximum Gasteiger partial charge on any atom is 0.490 e. The normalized spacial score (nSPS) is 25.8. The molecule has 10 aliphatic rings. The molecule has 2 atom stereocenters. The second-order valence-corrected chi connectivity index (χ2v) is 36.1. The van der Waals surface area contributed by atoms with Crippen LogP contribution < -0.4 is 0 Å². The van der Waals surface area contributed by atoms with E-state index in [2.05, 4.69) is 9.34 Å². The molecule has 2 saturated heterocycles. The molecule has 2 N–H and O–H groups in total. The van der Waals surface area contributed by atoms with Gasteiger partial charge in [-0.1, -0.05) is 154 Å². The average molecular weight is 1450 g/mol. The fraction of sp³-hybridized carbons (Fsp3) is 0.935. The molecule has 10 nitrogen and oxygen atoms in total. The van der Waals surface area contributed by atoms with Gasteiger partial charge in [-0.05, 0) is 138 Å². The Labute approximate surface area is 531 Å². The molecular formula is C62H104F6N2O8P4Rh2. The molecule has 2 radical (unpaired) electrons. The number of carboxylic acid groups (broad SMARTS) is 2. The zero-order valence-corrected chi connectivity index (χ0v) is 57.1. The van der Waals surface area contributed by atoms with E-state index in [4.69, 9.17) is 28.8 Å². The third-order valence-corrected chi connectivity index (χ3v) is 32.9. The van der Waals surface area contributed by atoms with E-state index in [0.29, 0.717) is 23.9 Å². The topological polar surface area (TPSA) is 134 Å². The number of rotatable bonds is 16. The number of hydrogen-bond donors (Lipinski definition) is 2. The summed E-state index contributed by atoms with van der Waals surface area (Å²) in [5.41, 5.74) is 6.63. The second kappa shape index (κ2) is 39.0. The van der Waals surface area contributed by atoms with E-state index in [9.17, 15) is 35.9 Å². The first-order valence-electron chi connectivity index (χ1n) is 33.1. The zero-order valence-electron chi connectivity index (χ0n) is 50.3. The van der Waals surface area contributed by atoms with Crippen molar-refractivity contribution in [3.8, 4) is 0 Å². The summed E-state index contributed by atoms with van der Waals surface area (Å²) < 4.78 is 82.7. The van der Waals surface area contributed by atoms with Gasteiger partial charge in [0.15, 0.2) is 0 Å². The van der Waals surface area contributed by atoms with Gasteiger partial charge in [0.25, 0.3) is 0 Å². The molecule has 0 aromatic heterocycles. The van der Waals surface area contributed by atoms with Crippen LogP contribution in [-0.2, 0) is 67.2 Å². The number of halogens is 6. The molecule has 2 amide bonds. The Morgan fingerprint density at radius 1 is 0.357 bits per heavy atom. The summed E-state index contributed by atoms with van der Waals surface area (Å²) in [5.74, 6) is -4.52. The van der Waals surface area contributed by atoms with E-state index >= 15 is 0 Å². The molecule has 10 rings (SSSR count). The molecular weight excluding hydrogens is 1340 g/mol. The number of aliphatic carboxylic acids is 2. The second-order valence-electron chi connectivity index (χ2n) is 25.9. The van der Waals surface area contributed by atoms with E-state index in [1.807, 2.05) is 0 Å². The van der Waals surface area contributed by atoms with Crippen molar-refractivity contribution < 1.29 is 104 Å². The summed E-state index contributed by atoms with van der Waals surface area (Å²) >= 11 is 0. The van der Waals surface area contributed by atoms with E-state index < -0.39 is 24.3 Å². The van der Waals surface area contributed by atoms with Crippen molar-refractivity contribution in [1.29, 1.82) is 0 Å². The molecule has 0 aromatic rings. The number of alkyl halides is 6. The van der Waals surface area contributed by atoms with Gasteiger partial charge in [0, 0.05) is 107 Å². The van der Waals surface area contributed by atoms with Crippen molar-refractivity contribution in [1.82, 2.24) is 9.34 Å². The molecule has 0 spiro atoms. The Hall–Kier alpha value is 0.347. The van der Waals surface area contributed by atoms with Gasteiger partial charge < -0.3 is 28.6 Å². The van der Waals surface area contributed by atoms with Crippen LogP contribution in [0.3, 0.4) is 0 Å². The quantitative estimate of drug-likeness (QED) is 0.0887. The van der Waals surface area contributed by atoms with Gasteiger partial charge in [-0.25, -0.2) is 9.59 Å². The third-order valence-electron chi connectivity index (χ3n) is 19.9. The van der Waals surface area contributed by atoms with Crippen LogP contribution in [0.2, 0.25) is 0 Å². The molecule has 22 heteroatoms. The minimum Gasteiger partial charge on any atom is -0.475 e. The number of carbonyl (C=O) groups is 4. The minimum atomic E-state index is -5.08. The minimum absolute atomic E-state index is 0. The van der Waals surface area contributed by atoms with Gasteiger partial charge in [-0.15, -0.1) is 0 Å². The van der Waals surface area contributed by atoms with E-state index in [-0.39, 0.29) is 71.4 Å². The van der Waals surface area contributed by atoms with E-state index in [1.54, 1.807) is 0 Å². The molecule has 0 unspecified atom stereocenters. The Balaban J connectivity index is 0.000000246. The summed E-state index contributed by atoms with van der Waals surface area (Å²) in [4.78, 5) is 44.7. The van der Waals surface area contributed by atoms with Crippen LogP contribution in [0.4, 0.5) is 26.3 Å². The van der Waals surface area contributed by atoms with Crippen molar-refractivity contribution >= 4 is 56.2 Å². The fourth-order valence-corrected chi connectivity index (χ4v) is 30.0. The maximum atomic E-state index is 13.5. The third kappa shape index (κ3) is 23.5. The predicted octanol–water partition coefficient (Wildman–Crippen LogP) is 19.5. The standard InChI is InChI=1S/2C29H51NO2P2.2C2HF3O2.2Rh/c2*31-29-22-21-24(23-32-34(27-17-9-3-10-18-27)28-19-11-4-12-20-28)30(29)33(25-13-5-1-6-14-25)26-15-7-2-8-16-26;2*3-2(4,5)1(6)7;;/h2*24-28H,1-23H2;2*(H,6,7);;/t2*24-;;;;/m00..../s1. The summed E-state index contributed by atoms with van der Waals surface area (Å²) in [6.07, 6.45) is 49.8. The van der Waals surface area contributed by atoms with Crippen LogP contribution >= 0.6 is 32.4 Å². The molecule has 8 saturated carbocycles. The molecule has 8 aliphatic carbocycles. The molecule has 0 bridgehead atoms. The van der Waals surface area contributed by atoms with Crippen molar-refractivity contribution in [2.24, 2.45) is 0 Å². The fourth-order valence-electron chi connectivity index (χ4n) is 15.8. The Morgan fingerprint density at radius 3 is 0.714 bits per heavy atom. The number of nitrogens with zero attached hydrogens (tertiary/aromatic N) is 2. The zero-order chi connectivity index (χ0) is 58.5. The Morgan fingerprint density at radius 2 is 0.536 bits per heavy atom. The number of carbonyl (C=O) groups excluding carboxylic acids is 2. The first kappa shape index (κ1) is 75.1. The van der Waals surface area contributed by atoms with Gasteiger partial charge in [-0.3, -0.25) is 9.59 Å². The smallest absolute Gasteiger partial charge is 0.475 e. The SMILES string of the molecule is O=C(O)C(F)(F)F.O=C(O)C(F)(F)F.O=C1CC[C@@H](COP(C2CCCCC2)C2CCCCC2)N1P(C1CCCCC1)C1CCCCC1.O=C1CC[C@@H](COP(C2CCCCC2)C2CCCCC2)N1P(C1CCCCC1)C1CCCCC1.[Rh].[Rh]. The Bertz CT molecular complexity index is 1690. The predicted molar refractivity (Wildman–Crippen MR) is 322 cm³/mol. The van der Waals surface area contributed by atoms with Crippen LogP contribution in [0, 0.1) is 0 Å². The van der Waals surface area contributed by atoms with E-state index in [0.717, 1.165) is 84.2 Å². The van der Waals surface area contributed by atoms with Crippen molar-refractivity contribution in [3.63, 3.8) is 0 Å². The van der Waals surface area contributed by atoms with Crippen LogP contribution in [0.1, 0.15) is 283 Å². The molecule has 10 fully saturated rings. The summed E-state index contributed by atoms with van der Waals surface area (Å²) in [5, 5.41) is 14.2. The summed E-state index contributed by atoms with van der Waals surface area (Å²) in [6, 6.07) is 0.777. The van der Waals surface area contributed by atoms with Gasteiger partial charge in [0.05, 0.1) is 25.3 Å². The van der Waals surface area contributed by atoms with Crippen molar-refractivity contribution in [2.45, 2.75) is 352 Å². The number of amides is 2. The largest absolute Gasteiger partial charge is 0.490 e. The average Bonchev–Trinajstić information content (AvgIpc) is 4.26. The van der Waals surface area contributed by atoms with Crippen molar-refractivity contribution in [3.05, 3.63) is 0 Å².